The summed E-state index contributed by atoms with van der Waals surface area (Å²) in [6.07, 6.45) is -0.742. The van der Waals surface area contributed by atoms with Gasteiger partial charge in [-0.15, -0.1) is 6.58 Å². The third-order valence-corrected chi connectivity index (χ3v) is 7.90. The second-order valence-electron chi connectivity index (χ2n) is 9.77. The van der Waals surface area contributed by atoms with Crippen LogP contribution in [0.25, 0.3) is 11.3 Å². The predicted octanol–water partition coefficient (Wildman–Crippen LogP) is 4.94. The molecule has 2 amide bonds. The van der Waals surface area contributed by atoms with Gasteiger partial charge in [-0.2, -0.15) is 18.3 Å². The van der Waals surface area contributed by atoms with E-state index in [-0.39, 0.29) is 34.5 Å². The van der Waals surface area contributed by atoms with Gasteiger partial charge in [-0.1, -0.05) is 22.0 Å². The number of halogens is 4. The van der Waals surface area contributed by atoms with Gasteiger partial charge in [-0.3, -0.25) is 19.0 Å². The molecule has 0 bridgehead atoms. The molecule has 0 saturated carbocycles. The van der Waals surface area contributed by atoms with E-state index < -0.39 is 23.7 Å². The van der Waals surface area contributed by atoms with Crippen LogP contribution in [0.2, 0.25) is 0 Å². The highest BCUT2D eigenvalue weighted by Crippen LogP contribution is 2.36. The Kier molecular flexibility index (Phi) is 7.37. The Labute approximate surface area is 241 Å². The van der Waals surface area contributed by atoms with Crippen LogP contribution in [-0.2, 0) is 25.6 Å². The maximum absolute atomic E-state index is 14.0. The van der Waals surface area contributed by atoms with Gasteiger partial charge in [0.15, 0.2) is 0 Å². The van der Waals surface area contributed by atoms with E-state index >= 15 is 0 Å². The minimum absolute atomic E-state index is 0.0237. The summed E-state index contributed by atoms with van der Waals surface area (Å²) in [6.45, 7) is 5.53. The number of alkyl halides is 3. The van der Waals surface area contributed by atoms with E-state index in [1.54, 1.807) is 48.0 Å². The molecule has 1 atom stereocenters. The monoisotopic (exact) mass is 627 g/mol. The van der Waals surface area contributed by atoms with E-state index in [9.17, 15) is 27.6 Å². The van der Waals surface area contributed by atoms with Gasteiger partial charge in [0.1, 0.15) is 5.65 Å². The van der Waals surface area contributed by atoms with Gasteiger partial charge in [0.25, 0.3) is 17.4 Å². The van der Waals surface area contributed by atoms with Gasteiger partial charge >= 0.3 is 6.18 Å². The number of carbonyl (C=O) groups excluding carboxylic acids is 2. The van der Waals surface area contributed by atoms with Crippen LogP contribution < -0.4 is 10.9 Å². The van der Waals surface area contributed by atoms with Crippen molar-refractivity contribution in [1.82, 2.24) is 24.4 Å². The largest absolute Gasteiger partial charge is 0.417 e. The molecule has 3 heterocycles. The molecule has 41 heavy (non-hydrogen) atoms. The van der Waals surface area contributed by atoms with Crippen LogP contribution >= 0.6 is 15.9 Å². The lowest BCUT2D eigenvalue weighted by molar-refractivity contribution is -0.138. The van der Waals surface area contributed by atoms with Crippen LogP contribution in [0.5, 0.6) is 0 Å². The number of fused-ring (bicyclic) bond motifs is 3. The van der Waals surface area contributed by atoms with Gasteiger partial charge in [0, 0.05) is 39.8 Å². The highest BCUT2D eigenvalue weighted by atomic mass is 79.9. The molecular weight excluding hydrogens is 603 g/mol. The van der Waals surface area contributed by atoms with Gasteiger partial charge in [0.2, 0.25) is 0 Å². The van der Waals surface area contributed by atoms with Gasteiger partial charge < -0.3 is 10.2 Å². The Hall–Kier alpha value is -4.19. The molecule has 4 aromatic rings. The SMILES string of the molecule is C=CCc1cnn2c3c(c(=O)n(-c4ccc(C(=O)NC)cc4)c12)C[C@@H](C)N(C(=O)c1ccc(Br)c(C(F)(F)F)c1)C3. The first-order chi connectivity index (χ1) is 19.5. The van der Waals surface area contributed by atoms with Crippen molar-refractivity contribution >= 4 is 33.4 Å². The van der Waals surface area contributed by atoms with Gasteiger partial charge in [-0.25, -0.2) is 4.52 Å². The molecule has 0 saturated heterocycles. The molecule has 8 nitrogen and oxygen atoms in total. The van der Waals surface area contributed by atoms with Crippen molar-refractivity contribution in [3.05, 3.63) is 110 Å². The lowest BCUT2D eigenvalue weighted by Crippen LogP contribution is -2.46. The zero-order chi connectivity index (χ0) is 29.6. The fourth-order valence-electron chi connectivity index (χ4n) is 5.14. The zero-order valence-electron chi connectivity index (χ0n) is 22.1. The number of carbonyl (C=O) groups is 2. The second-order valence-corrected chi connectivity index (χ2v) is 10.6. The van der Waals surface area contributed by atoms with Crippen LogP contribution in [0.4, 0.5) is 13.2 Å². The summed E-state index contributed by atoms with van der Waals surface area (Å²) in [5.41, 5.74) is 1.74. The molecule has 212 valence electrons. The van der Waals surface area contributed by atoms with Crippen LogP contribution in [0.3, 0.4) is 0 Å². The van der Waals surface area contributed by atoms with Crippen molar-refractivity contribution in [3.63, 3.8) is 0 Å². The van der Waals surface area contributed by atoms with Crippen molar-refractivity contribution in [3.8, 4) is 5.69 Å². The molecule has 0 fully saturated rings. The van der Waals surface area contributed by atoms with E-state index in [1.807, 2.05) is 0 Å². The number of allylic oxidation sites excluding steroid dienone is 1. The average molecular weight is 628 g/mol. The highest BCUT2D eigenvalue weighted by Gasteiger charge is 2.36. The summed E-state index contributed by atoms with van der Waals surface area (Å²) in [7, 11) is 1.53. The highest BCUT2D eigenvalue weighted by molar-refractivity contribution is 9.10. The third-order valence-electron chi connectivity index (χ3n) is 7.20. The van der Waals surface area contributed by atoms with E-state index in [0.29, 0.717) is 34.6 Å². The van der Waals surface area contributed by atoms with Crippen LogP contribution in [0.15, 0.2) is 70.6 Å². The Bertz CT molecular complexity index is 1760. The summed E-state index contributed by atoms with van der Waals surface area (Å²) >= 11 is 2.91. The summed E-state index contributed by atoms with van der Waals surface area (Å²) < 4.78 is 43.5. The first-order valence-corrected chi connectivity index (χ1v) is 13.5. The predicted molar refractivity (Wildman–Crippen MR) is 150 cm³/mol. The van der Waals surface area contributed by atoms with Crippen molar-refractivity contribution < 1.29 is 22.8 Å². The van der Waals surface area contributed by atoms with Crippen molar-refractivity contribution in [2.75, 3.05) is 7.05 Å². The number of aromatic nitrogens is 3. The number of rotatable bonds is 5. The molecule has 5 rings (SSSR count). The minimum atomic E-state index is -4.64. The van der Waals surface area contributed by atoms with Crippen LogP contribution in [0.1, 0.15) is 50.0 Å². The molecule has 0 aliphatic carbocycles. The normalized spacial score (nSPS) is 15.1. The molecular formula is C29H25BrF3N5O3. The van der Waals surface area contributed by atoms with E-state index in [4.69, 9.17) is 0 Å². The molecule has 12 heteroatoms. The molecule has 0 radical (unpaired) electrons. The van der Waals surface area contributed by atoms with Crippen molar-refractivity contribution in [2.24, 2.45) is 0 Å². The zero-order valence-corrected chi connectivity index (χ0v) is 23.7. The number of hydrogen-bond acceptors (Lipinski definition) is 4. The third kappa shape index (κ3) is 4.96. The summed E-state index contributed by atoms with van der Waals surface area (Å²) in [4.78, 5) is 41.1. The van der Waals surface area contributed by atoms with E-state index in [0.717, 1.165) is 11.6 Å². The van der Waals surface area contributed by atoms with Crippen molar-refractivity contribution in [2.45, 2.75) is 38.5 Å². The fourth-order valence-corrected chi connectivity index (χ4v) is 5.61. The fraction of sp³-hybridized carbons (Fsp3) is 0.241. The second kappa shape index (κ2) is 10.7. The molecule has 0 spiro atoms. The number of benzene rings is 2. The quantitative estimate of drug-likeness (QED) is 0.318. The van der Waals surface area contributed by atoms with Gasteiger partial charge in [-0.05, 0) is 62.2 Å². The topological polar surface area (TPSA) is 88.7 Å². The summed E-state index contributed by atoms with van der Waals surface area (Å²) in [6, 6.07) is 9.50. The van der Waals surface area contributed by atoms with Crippen LogP contribution in [-0.4, -0.2) is 44.0 Å². The molecule has 1 aliphatic rings. The Balaban J connectivity index is 1.63. The number of hydrogen-bond donors (Lipinski definition) is 1. The smallest absolute Gasteiger partial charge is 0.355 e. The Morgan fingerprint density at radius 1 is 1.17 bits per heavy atom. The lowest BCUT2D eigenvalue weighted by Gasteiger charge is -2.35. The maximum Gasteiger partial charge on any atom is 0.417 e. The standard InChI is InChI=1S/C29H25BrF3N5O3/c1-4-5-19-14-35-38-24-15-36(27(40)18-8-11-23(30)22(13-18)29(31,32)33)16(2)12-21(24)28(41)37(26(19)38)20-9-6-17(7-10-20)25(39)34-3/h4,6-11,13-14,16H,1,5,12,15H2,2-3H3,(H,34,39)/t16-/m1/s1. The maximum atomic E-state index is 14.0. The van der Waals surface area contributed by atoms with E-state index in [2.05, 4.69) is 32.9 Å². The average Bonchev–Trinajstić information content (AvgIpc) is 3.35. The molecule has 0 unspecified atom stereocenters. The summed E-state index contributed by atoms with van der Waals surface area (Å²) in [5, 5.41) is 7.10. The summed E-state index contributed by atoms with van der Waals surface area (Å²) in [5.74, 6) is -0.843. The molecule has 1 N–H and O–H groups in total. The van der Waals surface area contributed by atoms with Crippen molar-refractivity contribution in [1.29, 1.82) is 0 Å². The molecule has 2 aromatic carbocycles. The first kappa shape index (κ1) is 28.3. The Morgan fingerprint density at radius 2 is 1.85 bits per heavy atom. The number of nitrogens with one attached hydrogen (secondary N) is 1. The van der Waals surface area contributed by atoms with Crippen LogP contribution in [0, 0.1) is 0 Å². The van der Waals surface area contributed by atoms with E-state index in [1.165, 1.54) is 28.6 Å². The number of amides is 2. The first-order valence-electron chi connectivity index (χ1n) is 12.7. The van der Waals surface area contributed by atoms with Gasteiger partial charge in [0.05, 0.1) is 29.7 Å². The lowest BCUT2D eigenvalue weighted by atomic mass is 9.98. The Morgan fingerprint density at radius 3 is 2.49 bits per heavy atom. The molecule has 1 aliphatic heterocycles. The minimum Gasteiger partial charge on any atom is -0.355 e. The number of nitrogens with zero attached hydrogens (tertiary/aromatic N) is 4. The molecule has 2 aromatic heterocycles.